The summed E-state index contributed by atoms with van der Waals surface area (Å²) in [5.41, 5.74) is 5.32. The topological polar surface area (TPSA) is 68.3 Å². The number of para-hydroxylation sites is 1. The Morgan fingerprint density at radius 1 is 0.833 bits per heavy atom. The second kappa shape index (κ2) is 14.1. The normalized spacial score (nSPS) is 12.4. The van der Waals surface area contributed by atoms with Crippen LogP contribution in [0.5, 0.6) is 0 Å². The van der Waals surface area contributed by atoms with E-state index in [1.165, 1.54) is 11.5 Å². The monoisotopic (exact) mass is 816 g/mol. The van der Waals surface area contributed by atoms with Crippen LogP contribution in [0.1, 0.15) is 67.2 Å². The van der Waals surface area contributed by atoms with E-state index < -0.39 is 0 Å². The Morgan fingerprint density at radius 3 is 2.17 bits per heavy atom. The average molecular weight is 816 g/mol. The van der Waals surface area contributed by atoms with Gasteiger partial charge in [-0.3, -0.25) is 4.79 Å². The molecule has 0 amide bonds. The van der Waals surface area contributed by atoms with Crippen molar-refractivity contribution in [3.05, 3.63) is 109 Å². The number of aliphatic hydroxyl groups excluding tert-OH is 1. The Labute approximate surface area is 296 Å². The van der Waals surface area contributed by atoms with Gasteiger partial charge in [-0.2, -0.15) is 0 Å². The fourth-order valence-corrected chi connectivity index (χ4v) is 6.37. The van der Waals surface area contributed by atoms with Crippen LogP contribution in [0, 0.1) is 16.9 Å². The molecule has 7 aromatic rings. The van der Waals surface area contributed by atoms with Crippen molar-refractivity contribution >= 4 is 60.4 Å². The molecule has 7 rings (SSSR count). The summed E-state index contributed by atoms with van der Waals surface area (Å²) in [5.74, 6) is 0.286. The molecule has 0 saturated heterocycles. The van der Waals surface area contributed by atoms with Gasteiger partial charge in [0.15, 0.2) is 5.78 Å². The first kappa shape index (κ1) is 35.1. The Balaban J connectivity index is 0.000000218. The minimum Gasteiger partial charge on any atom is -0.512 e. The number of hydrogen-bond acceptors (Lipinski definition) is 4. The Morgan fingerprint density at radius 2 is 1.48 bits per heavy atom. The third-order valence-electron chi connectivity index (χ3n) is 10.5. The molecule has 1 N–H and O–H groups in total. The summed E-state index contributed by atoms with van der Waals surface area (Å²) in [6.07, 6.45) is 6.58. The van der Waals surface area contributed by atoms with Crippen LogP contribution in [-0.2, 0) is 24.9 Å². The number of benzene rings is 4. The fraction of sp³-hybridized carbons (Fsp3) is 0.286. The van der Waals surface area contributed by atoms with Crippen LogP contribution in [0.4, 0.5) is 0 Å². The number of aromatic nitrogens is 2. The van der Waals surface area contributed by atoms with Crippen molar-refractivity contribution in [1.82, 2.24) is 9.55 Å². The van der Waals surface area contributed by atoms with E-state index in [0.717, 1.165) is 80.6 Å². The quantitative estimate of drug-likeness (QED) is 0.0942. The van der Waals surface area contributed by atoms with Crippen LogP contribution in [0.25, 0.3) is 60.3 Å². The number of pyridine rings is 1. The molecule has 5 nitrogen and oxygen atoms in total. The Bertz CT molecular complexity index is 2250. The molecule has 0 fully saturated rings. The van der Waals surface area contributed by atoms with Gasteiger partial charge in [-0.15, -0.1) is 17.5 Å². The number of carbonyl (C=O) groups excluding carboxylic acids is 1. The molecular formula is C42H43IrN2O3-. The van der Waals surface area contributed by atoms with E-state index in [1.54, 1.807) is 0 Å². The first-order chi connectivity index (χ1) is 22.7. The van der Waals surface area contributed by atoms with Crippen molar-refractivity contribution in [1.29, 1.82) is 0 Å². The third-order valence-corrected chi connectivity index (χ3v) is 10.5. The number of furan rings is 1. The summed E-state index contributed by atoms with van der Waals surface area (Å²) in [5, 5.41) is 15.6. The number of rotatable bonds is 8. The van der Waals surface area contributed by atoms with Crippen LogP contribution < -0.4 is 0 Å². The van der Waals surface area contributed by atoms with E-state index in [4.69, 9.17) is 9.40 Å². The van der Waals surface area contributed by atoms with Crippen molar-refractivity contribution in [3.63, 3.8) is 0 Å². The van der Waals surface area contributed by atoms with Crippen molar-refractivity contribution in [2.24, 2.45) is 10.8 Å². The molecule has 6 heteroatoms. The molecule has 0 saturated carbocycles. The van der Waals surface area contributed by atoms with Gasteiger partial charge in [-0.05, 0) is 61.5 Å². The zero-order valence-electron chi connectivity index (χ0n) is 28.6. The molecule has 4 aromatic carbocycles. The van der Waals surface area contributed by atoms with Gasteiger partial charge in [-0.25, -0.2) is 0 Å². The summed E-state index contributed by atoms with van der Waals surface area (Å²) in [7, 11) is 0. The number of ketones is 1. The minimum atomic E-state index is -0.337. The standard InChI is InChI=1S/C27H15N2O.C15H28O2.Ir/c1-2-8-18(9-3-1)29-21-11-6-12-22-24(21)25-23(30-22)15-16-28-26(25)20-14-13-17-7-4-5-10-19(17)27(20)29;1-7-14(5,8-2)12(16)11-13(17)15(6,9-3)10-4;/h1-13,15-16H;11,16H,7-10H2,1-6H3;/q-1;;/b;12-11-;. The van der Waals surface area contributed by atoms with Crippen LogP contribution in [0.2, 0.25) is 0 Å². The van der Waals surface area contributed by atoms with E-state index in [2.05, 4.69) is 77.4 Å². The summed E-state index contributed by atoms with van der Waals surface area (Å²) in [6, 6.07) is 32.8. The summed E-state index contributed by atoms with van der Waals surface area (Å²) >= 11 is 0. The van der Waals surface area contributed by atoms with E-state index in [-0.39, 0.29) is 42.5 Å². The van der Waals surface area contributed by atoms with Crippen LogP contribution in [0.3, 0.4) is 0 Å². The van der Waals surface area contributed by atoms with Gasteiger partial charge in [0.25, 0.3) is 0 Å². The summed E-state index contributed by atoms with van der Waals surface area (Å²) < 4.78 is 8.54. The van der Waals surface area contributed by atoms with Gasteiger partial charge < -0.3 is 19.1 Å². The molecule has 0 atom stereocenters. The number of fused-ring (bicyclic) bond motifs is 4. The SMILES string of the molecule is CCC(C)(CC)C(=O)/C=C(\O)C(C)(CC)CC.[Ir].[c-]1cc2ccccc2c2c1c1nccc3oc4cccc(c4c31)n2-c1ccccc1. The first-order valence-corrected chi connectivity index (χ1v) is 16.7. The third kappa shape index (κ3) is 5.97. The molecule has 0 spiro atoms. The predicted octanol–water partition coefficient (Wildman–Crippen LogP) is 11.7. The van der Waals surface area contributed by atoms with E-state index in [9.17, 15) is 9.90 Å². The number of hydrogen-bond donors (Lipinski definition) is 1. The molecule has 48 heavy (non-hydrogen) atoms. The molecule has 0 aliphatic heterocycles. The maximum absolute atomic E-state index is 12.2. The predicted molar refractivity (Wildman–Crippen MR) is 195 cm³/mol. The number of aliphatic hydroxyl groups is 1. The summed E-state index contributed by atoms with van der Waals surface area (Å²) in [6.45, 7) is 12.1. The van der Waals surface area contributed by atoms with Gasteiger partial charge in [-0.1, -0.05) is 101 Å². The van der Waals surface area contributed by atoms with E-state index in [1.807, 2.05) is 65.9 Å². The van der Waals surface area contributed by atoms with E-state index in [0.29, 0.717) is 0 Å². The van der Waals surface area contributed by atoms with Crippen LogP contribution in [-0.4, -0.2) is 20.4 Å². The molecular weight excluding hydrogens is 773 g/mol. The van der Waals surface area contributed by atoms with Gasteiger partial charge in [0, 0.05) is 70.7 Å². The molecule has 0 unspecified atom stereocenters. The van der Waals surface area contributed by atoms with Gasteiger partial charge >= 0.3 is 0 Å². The zero-order chi connectivity index (χ0) is 33.3. The first-order valence-electron chi connectivity index (χ1n) is 16.7. The van der Waals surface area contributed by atoms with E-state index >= 15 is 0 Å². The number of nitrogens with zero attached hydrogens (tertiary/aromatic N) is 2. The molecule has 1 radical (unpaired) electrons. The van der Waals surface area contributed by atoms with Gasteiger partial charge in [0.1, 0.15) is 16.9 Å². The smallest absolute Gasteiger partial charge is 0.164 e. The average Bonchev–Trinajstić information content (AvgIpc) is 3.45. The summed E-state index contributed by atoms with van der Waals surface area (Å²) in [4.78, 5) is 17.0. The second-order valence-electron chi connectivity index (χ2n) is 13.0. The molecule has 249 valence electrons. The van der Waals surface area contributed by atoms with Gasteiger partial charge in [0.2, 0.25) is 0 Å². The molecule has 3 aromatic heterocycles. The molecule has 0 aliphatic rings. The van der Waals surface area contributed by atoms with Crippen molar-refractivity contribution in [3.8, 4) is 5.69 Å². The number of carbonyl (C=O) groups is 1. The minimum absolute atomic E-state index is 0. The maximum Gasteiger partial charge on any atom is 0.164 e. The maximum atomic E-state index is 12.2. The largest absolute Gasteiger partial charge is 0.512 e. The van der Waals surface area contributed by atoms with Crippen molar-refractivity contribution < 1.29 is 34.4 Å². The zero-order valence-corrected chi connectivity index (χ0v) is 31.0. The molecule has 3 heterocycles. The fourth-order valence-electron chi connectivity index (χ4n) is 6.37. The second-order valence-corrected chi connectivity index (χ2v) is 13.0. The van der Waals surface area contributed by atoms with Crippen LogP contribution in [0.15, 0.2) is 107 Å². The van der Waals surface area contributed by atoms with Crippen LogP contribution >= 0.6 is 0 Å². The Hall–Kier alpha value is -4.25. The van der Waals surface area contributed by atoms with Crippen molar-refractivity contribution in [2.75, 3.05) is 0 Å². The molecule has 0 bridgehead atoms. The Kier molecular flexibility index (Phi) is 10.3. The molecule has 0 aliphatic carbocycles. The number of allylic oxidation sites excluding steroid dienone is 2. The van der Waals surface area contributed by atoms with Crippen molar-refractivity contribution in [2.45, 2.75) is 67.2 Å². The van der Waals surface area contributed by atoms with Gasteiger partial charge in [0.05, 0.1) is 0 Å².